The normalized spacial score (nSPS) is 21.2. The molecule has 2 atom stereocenters. The molecule has 0 unspecified atom stereocenters. The lowest BCUT2D eigenvalue weighted by Gasteiger charge is -2.24. The summed E-state index contributed by atoms with van der Waals surface area (Å²) in [6, 6.07) is 7.89. The highest BCUT2D eigenvalue weighted by molar-refractivity contribution is 5.95. The van der Waals surface area contributed by atoms with Crippen molar-refractivity contribution in [2.75, 3.05) is 11.9 Å². The number of ether oxygens (including phenoxy) is 1. The van der Waals surface area contributed by atoms with E-state index in [-0.39, 0.29) is 24.3 Å². The lowest BCUT2D eigenvalue weighted by molar-refractivity contribution is -0.157. The maximum Gasteiger partial charge on any atom is 0.312 e. The van der Waals surface area contributed by atoms with Crippen LogP contribution in [-0.4, -0.2) is 41.4 Å². The Bertz CT molecular complexity index is 723. The molecular weight excluding hydrogens is 356 g/mol. The molecule has 6 heteroatoms. The van der Waals surface area contributed by atoms with E-state index in [0.29, 0.717) is 18.2 Å². The smallest absolute Gasteiger partial charge is 0.312 e. The summed E-state index contributed by atoms with van der Waals surface area (Å²) >= 11 is 0. The van der Waals surface area contributed by atoms with Crippen molar-refractivity contribution in [3.8, 4) is 0 Å². The molecule has 2 amide bonds. The van der Waals surface area contributed by atoms with Crippen LogP contribution in [0, 0.1) is 5.92 Å². The van der Waals surface area contributed by atoms with Crippen molar-refractivity contribution in [1.82, 2.24) is 4.90 Å². The zero-order chi connectivity index (χ0) is 20.3. The standard InChI is InChI=1S/C22H30N2O4/c1-14(2)16-8-10-18(11-9-16)23-21(26)15(3)28-22(27)17-12-20(25)24(13-17)19-6-4-5-7-19/h8-11,14-15,17,19H,4-7,12-13H2,1-3H3,(H,23,26)/t15-,17-/m1/s1. The monoisotopic (exact) mass is 386 g/mol. The summed E-state index contributed by atoms with van der Waals surface area (Å²) < 4.78 is 5.36. The molecule has 1 N–H and O–H groups in total. The van der Waals surface area contributed by atoms with Gasteiger partial charge >= 0.3 is 5.97 Å². The number of amides is 2. The Labute approximate surface area is 166 Å². The van der Waals surface area contributed by atoms with Crippen molar-refractivity contribution in [3.05, 3.63) is 29.8 Å². The van der Waals surface area contributed by atoms with E-state index >= 15 is 0 Å². The molecule has 2 aliphatic rings. The van der Waals surface area contributed by atoms with Crippen LogP contribution >= 0.6 is 0 Å². The third-order valence-electron chi connectivity index (χ3n) is 5.76. The van der Waals surface area contributed by atoms with Crippen LogP contribution in [-0.2, 0) is 19.1 Å². The number of likely N-dealkylation sites (tertiary alicyclic amines) is 1. The number of carbonyl (C=O) groups excluding carboxylic acids is 3. The summed E-state index contributed by atoms with van der Waals surface area (Å²) in [6.07, 6.45) is 3.58. The number of hydrogen-bond acceptors (Lipinski definition) is 4. The fourth-order valence-corrected chi connectivity index (χ4v) is 3.98. The third kappa shape index (κ3) is 4.72. The average Bonchev–Trinajstić information content (AvgIpc) is 3.31. The molecule has 0 bridgehead atoms. The molecule has 1 saturated carbocycles. The van der Waals surface area contributed by atoms with Crippen LogP contribution in [0.2, 0.25) is 0 Å². The van der Waals surface area contributed by atoms with E-state index in [0.717, 1.165) is 25.7 Å². The molecule has 0 radical (unpaired) electrons. The second-order valence-corrected chi connectivity index (χ2v) is 8.23. The Morgan fingerprint density at radius 3 is 2.36 bits per heavy atom. The number of hydrogen-bond donors (Lipinski definition) is 1. The Morgan fingerprint density at radius 1 is 1.11 bits per heavy atom. The molecular formula is C22H30N2O4. The minimum atomic E-state index is -0.909. The third-order valence-corrected chi connectivity index (χ3v) is 5.76. The summed E-state index contributed by atoms with van der Waals surface area (Å²) in [5.41, 5.74) is 1.86. The molecule has 3 rings (SSSR count). The molecule has 0 aromatic heterocycles. The first-order valence-electron chi connectivity index (χ1n) is 10.3. The molecule has 1 aliphatic heterocycles. The van der Waals surface area contributed by atoms with Gasteiger partial charge in [-0.2, -0.15) is 0 Å². The van der Waals surface area contributed by atoms with Gasteiger partial charge in [0.15, 0.2) is 6.10 Å². The molecule has 152 valence electrons. The van der Waals surface area contributed by atoms with Crippen molar-refractivity contribution < 1.29 is 19.1 Å². The summed E-state index contributed by atoms with van der Waals surface area (Å²) in [6.45, 7) is 6.18. The van der Waals surface area contributed by atoms with Gasteiger partial charge in [-0.05, 0) is 43.4 Å². The van der Waals surface area contributed by atoms with E-state index in [1.807, 2.05) is 29.2 Å². The molecule has 1 heterocycles. The molecule has 1 saturated heterocycles. The summed E-state index contributed by atoms with van der Waals surface area (Å²) in [5, 5.41) is 2.77. The van der Waals surface area contributed by atoms with Gasteiger partial charge in [-0.3, -0.25) is 14.4 Å². The molecule has 0 spiro atoms. The first-order valence-corrected chi connectivity index (χ1v) is 10.3. The topological polar surface area (TPSA) is 75.7 Å². The van der Waals surface area contributed by atoms with E-state index in [4.69, 9.17) is 4.74 Å². The number of anilines is 1. The molecule has 6 nitrogen and oxygen atoms in total. The van der Waals surface area contributed by atoms with E-state index < -0.39 is 18.0 Å². The molecule has 28 heavy (non-hydrogen) atoms. The summed E-state index contributed by atoms with van der Waals surface area (Å²) in [5.74, 6) is -0.873. The van der Waals surface area contributed by atoms with Gasteiger partial charge in [-0.25, -0.2) is 0 Å². The zero-order valence-electron chi connectivity index (χ0n) is 16.9. The van der Waals surface area contributed by atoms with Crippen LogP contribution in [0.15, 0.2) is 24.3 Å². The van der Waals surface area contributed by atoms with Crippen molar-refractivity contribution in [1.29, 1.82) is 0 Å². The zero-order valence-corrected chi connectivity index (χ0v) is 16.9. The van der Waals surface area contributed by atoms with Gasteiger partial charge in [0.2, 0.25) is 5.91 Å². The Hall–Kier alpha value is -2.37. The number of benzene rings is 1. The fourth-order valence-electron chi connectivity index (χ4n) is 3.98. The van der Waals surface area contributed by atoms with Crippen LogP contribution in [0.4, 0.5) is 5.69 Å². The van der Waals surface area contributed by atoms with Gasteiger partial charge in [0, 0.05) is 24.7 Å². The van der Waals surface area contributed by atoms with Gasteiger partial charge < -0.3 is 15.0 Å². The predicted molar refractivity (Wildman–Crippen MR) is 107 cm³/mol. The molecule has 1 aromatic rings. The molecule has 1 aliphatic carbocycles. The Morgan fingerprint density at radius 2 is 1.75 bits per heavy atom. The van der Waals surface area contributed by atoms with Crippen LogP contribution in [0.1, 0.15) is 64.4 Å². The first-order chi connectivity index (χ1) is 13.3. The largest absolute Gasteiger partial charge is 0.452 e. The maximum atomic E-state index is 12.5. The second kappa shape index (κ2) is 8.76. The van der Waals surface area contributed by atoms with Crippen molar-refractivity contribution in [3.63, 3.8) is 0 Å². The highest BCUT2D eigenvalue weighted by atomic mass is 16.5. The Balaban J connectivity index is 1.50. The number of rotatable bonds is 6. The highest BCUT2D eigenvalue weighted by Gasteiger charge is 2.40. The van der Waals surface area contributed by atoms with Gasteiger partial charge in [0.25, 0.3) is 5.91 Å². The molecule has 1 aromatic carbocycles. The van der Waals surface area contributed by atoms with Crippen molar-refractivity contribution >= 4 is 23.5 Å². The summed E-state index contributed by atoms with van der Waals surface area (Å²) in [4.78, 5) is 38.9. The number of esters is 1. The van der Waals surface area contributed by atoms with E-state index in [1.54, 1.807) is 6.92 Å². The van der Waals surface area contributed by atoms with Crippen molar-refractivity contribution in [2.24, 2.45) is 5.92 Å². The van der Waals surface area contributed by atoms with Crippen molar-refractivity contribution in [2.45, 2.75) is 70.9 Å². The quantitative estimate of drug-likeness (QED) is 0.760. The van der Waals surface area contributed by atoms with Gasteiger partial charge in [0.05, 0.1) is 5.92 Å². The van der Waals surface area contributed by atoms with Gasteiger partial charge in [0.1, 0.15) is 0 Å². The number of nitrogens with zero attached hydrogens (tertiary/aromatic N) is 1. The van der Waals surface area contributed by atoms with Crippen LogP contribution in [0.5, 0.6) is 0 Å². The van der Waals surface area contributed by atoms with E-state index in [1.165, 1.54) is 5.56 Å². The van der Waals surface area contributed by atoms with Crippen LogP contribution in [0.25, 0.3) is 0 Å². The van der Waals surface area contributed by atoms with Crippen LogP contribution < -0.4 is 5.32 Å². The minimum absolute atomic E-state index is 0.0243. The van der Waals surface area contributed by atoms with E-state index in [9.17, 15) is 14.4 Å². The molecule has 2 fully saturated rings. The van der Waals surface area contributed by atoms with Gasteiger partial charge in [-0.15, -0.1) is 0 Å². The highest BCUT2D eigenvalue weighted by Crippen LogP contribution is 2.30. The second-order valence-electron chi connectivity index (χ2n) is 8.23. The SMILES string of the molecule is CC(C)c1ccc(NC(=O)[C@@H](C)OC(=O)[C@@H]2CC(=O)N(C3CCCC3)C2)cc1. The fraction of sp³-hybridized carbons (Fsp3) is 0.591. The summed E-state index contributed by atoms with van der Waals surface area (Å²) in [7, 11) is 0. The predicted octanol–water partition coefficient (Wildman–Crippen LogP) is 3.47. The van der Waals surface area contributed by atoms with Gasteiger partial charge in [-0.1, -0.05) is 38.8 Å². The number of carbonyl (C=O) groups is 3. The van der Waals surface area contributed by atoms with E-state index in [2.05, 4.69) is 19.2 Å². The number of nitrogens with one attached hydrogen (secondary N) is 1. The Kier molecular flexibility index (Phi) is 6.37. The first kappa shape index (κ1) is 20.4. The maximum absolute atomic E-state index is 12.5. The average molecular weight is 386 g/mol. The lowest BCUT2D eigenvalue weighted by Crippen LogP contribution is -2.36. The lowest BCUT2D eigenvalue weighted by atomic mass is 10.0. The minimum Gasteiger partial charge on any atom is -0.452 e. The van der Waals surface area contributed by atoms with Crippen LogP contribution in [0.3, 0.4) is 0 Å².